The summed E-state index contributed by atoms with van der Waals surface area (Å²) >= 11 is 0. The van der Waals surface area contributed by atoms with Crippen LogP contribution in [0, 0.1) is 0 Å². The predicted molar refractivity (Wildman–Crippen MR) is 126 cm³/mol. The van der Waals surface area contributed by atoms with Crippen LogP contribution < -0.4 is 10.6 Å². The second-order valence-corrected chi connectivity index (χ2v) is 7.42. The topological polar surface area (TPSA) is 55.5 Å². The van der Waals surface area contributed by atoms with Gasteiger partial charge in [0.05, 0.1) is 0 Å². The number of piperidine rings is 1. The molecule has 0 bridgehead atoms. The lowest BCUT2D eigenvalue weighted by molar-refractivity contribution is 0.115. The molecule has 2 atom stereocenters. The van der Waals surface area contributed by atoms with Crippen molar-refractivity contribution >= 4 is 40.8 Å². The third-order valence-electron chi connectivity index (χ3n) is 5.57. The molecule has 0 spiro atoms. The fourth-order valence-corrected chi connectivity index (χ4v) is 4.01. The number of likely N-dealkylation sites (tertiary alicyclic amines) is 1. The van der Waals surface area contributed by atoms with E-state index in [9.17, 15) is 0 Å². The number of hydrogen-bond acceptors (Lipinski definition) is 2. The number of H-pyrrole nitrogens is 1. The fraction of sp³-hybridized carbons (Fsp3) is 0.571. The molecule has 2 unspecified atom stereocenters. The average Bonchev–Trinajstić information content (AvgIpc) is 3.08. The van der Waals surface area contributed by atoms with E-state index in [1.54, 1.807) is 0 Å². The lowest BCUT2D eigenvalue weighted by Gasteiger charge is -2.38. The number of aromatic nitrogens is 1. The lowest BCUT2D eigenvalue weighted by atomic mass is 10.0. The first-order valence-electron chi connectivity index (χ1n) is 9.94. The molecular weight excluding hydrogens is 449 g/mol. The largest absolute Gasteiger partial charge is 0.361 e. The molecule has 1 saturated heterocycles. The number of rotatable bonds is 6. The van der Waals surface area contributed by atoms with Crippen LogP contribution in [-0.2, 0) is 6.42 Å². The van der Waals surface area contributed by atoms with Crippen molar-refractivity contribution < 1.29 is 0 Å². The lowest BCUT2D eigenvalue weighted by Crippen LogP contribution is -2.50. The van der Waals surface area contributed by atoms with Gasteiger partial charge in [-0.3, -0.25) is 9.89 Å². The molecule has 2 heterocycles. The van der Waals surface area contributed by atoms with Gasteiger partial charge in [0, 0.05) is 49.3 Å². The number of fused-ring (bicyclic) bond motifs is 1. The Hall–Kier alpha value is -1.28. The van der Waals surface area contributed by atoms with Crippen molar-refractivity contribution in [2.24, 2.45) is 4.99 Å². The average molecular weight is 483 g/mol. The van der Waals surface area contributed by atoms with Crippen molar-refractivity contribution in [3.05, 3.63) is 36.0 Å². The Balaban J connectivity index is 0.00000261. The first-order valence-corrected chi connectivity index (χ1v) is 9.94. The second kappa shape index (κ2) is 10.9. The van der Waals surface area contributed by atoms with Crippen LogP contribution in [0.1, 0.15) is 38.7 Å². The van der Waals surface area contributed by atoms with Crippen molar-refractivity contribution in [1.82, 2.24) is 20.5 Å². The molecule has 1 aliphatic heterocycles. The van der Waals surface area contributed by atoms with Gasteiger partial charge < -0.3 is 15.6 Å². The molecule has 1 aliphatic rings. The molecule has 0 aliphatic carbocycles. The van der Waals surface area contributed by atoms with Gasteiger partial charge >= 0.3 is 0 Å². The highest BCUT2D eigenvalue weighted by Crippen LogP contribution is 2.19. The minimum Gasteiger partial charge on any atom is -0.361 e. The Morgan fingerprint density at radius 2 is 2.11 bits per heavy atom. The number of para-hydroxylation sites is 1. The van der Waals surface area contributed by atoms with E-state index < -0.39 is 0 Å². The van der Waals surface area contributed by atoms with Crippen LogP contribution >= 0.6 is 24.0 Å². The van der Waals surface area contributed by atoms with Gasteiger partial charge in [0.25, 0.3) is 0 Å². The van der Waals surface area contributed by atoms with Gasteiger partial charge in [0.1, 0.15) is 0 Å². The quantitative estimate of drug-likeness (QED) is 0.333. The molecule has 150 valence electrons. The molecule has 1 fully saturated rings. The van der Waals surface area contributed by atoms with Crippen LogP contribution in [0.25, 0.3) is 10.9 Å². The summed E-state index contributed by atoms with van der Waals surface area (Å²) in [5.41, 5.74) is 2.55. The molecule has 0 amide bonds. The van der Waals surface area contributed by atoms with E-state index in [-0.39, 0.29) is 24.0 Å². The number of hydrogen-bond donors (Lipinski definition) is 3. The Kier molecular flexibility index (Phi) is 8.89. The summed E-state index contributed by atoms with van der Waals surface area (Å²) in [6.07, 6.45) is 7.11. The maximum atomic E-state index is 4.37. The van der Waals surface area contributed by atoms with Gasteiger partial charge in [-0.15, -0.1) is 24.0 Å². The first-order chi connectivity index (χ1) is 12.7. The summed E-state index contributed by atoms with van der Waals surface area (Å²) < 4.78 is 0. The summed E-state index contributed by atoms with van der Waals surface area (Å²) in [5.74, 6) is 0.890. The number of halogens is 1. The smallest absolute Gasteiger partial charge is 0.191 e. The zero-order valence-electron chi connectivity index (χ0n) is 16.8. The zero-order valence-corrected chi connectivity index (χ0v) is 19.1. The minimum atomic E-state index is 0. The molecule has 2 aromatic rings. The summed E-state index contributed by atoms with van der Waals surface area (Å²) in [6, 6.07) is 9.67. The molecule has 0 saturated carbocycles. The maximum absolute atomic E-state index is 4.37. The fourth-order valence-electron chi connectivity index (χ4n) is 4.01. The Morgan fingerprint density at radius 3 is 2.89 bits per heavy atom. The number of benzene rings is 1. The monoisotopic (exact) mass is 483 g/mol. The van der Waals surface area contributed by atoms with Crippen LogP contribution in [0.3, 0.4) is 0 Å². The summed E-state index contributed by atoms with van der Waals surface area (Å²) in [4.78, 5) is 10.3. The SMILES string of the molecule is CN=C(NCCc1c[nH]c2ccccc12)NCC(C)N1CCCCC1C.I. The third kappa shape index (κ3) is 5.85. The highest BCUT2D eigenvalue weighted by atomic mass is 127. The van der Waals surface area contributed by atoms with Gasteiger partial charge in [-0.2, -0.15) is 0 Å². The van der Waals surface area contributed by atoms with Gasteiger partial charge in [-0.05, 0) is 51.3 Å². The van der Waals surface area contributed by atoms with E-state index in [0.717, 1.165) is 25.5 Å². The van der Waals surface area contributed by atoms with Crippen molar-refractivity contribution in [2.75, 3.05) is 26.7 Å². The molecule has 6 heteroatoms. The van der Waals surface area contributed by atoms with Crippen molar-refractivity contribution in [2.45, 2.75) is 51.6 Å². The normalized spacial score (nSPS) is 19.5. The molecule has 27 heavy (non-hydrogen) atoms. The Labute approximate surface area is 180 Å². The summed E-state index contributed by atoms with van der Waals surface area (Å²) in [5, 5.41) is 8.25. The van der Waals surface area contributed by atoms with E-state index in [1.165, 1.54) is 42.3 Å². The van der Waals surface area contributed by atoms with Crippen LogP contribution in [0.15, 0.2) is 35.5 Å². The standard InChI is InChI=1S/C21H33N5.HI/c1-16-8-6-7-13-26(16)17(2)14-25-21(22-3)23-12-11-18-15-24-20-10-5-4-9-19(18)20;/h4-5,9-10,15-17,24H,6-8,11-14H2,1-3H3,(H2,22,23,25);1H. The van der Waals surface area contributed by atoms with Crippen LogP contribution in [0.5, 0.6) is 0 Å². The van der Waals surface area contributed by atoms with E-state index >= 15 is 0 Å². The van der Waals surface area contributed by atoms with Gasteiger partial charge in [0.2, 0.25) is 0 Å². The third-order valence-corrected chi connectivity index (χ3v) is 5.57. The molecule has 3 N–H and O–H groups in total. The van der Waals surface area contributed by atoms with E-state index in [0.29, 0.717) is 12.1 Å². The van der Waals surface area contributed by atoms with Crippen LogP contribution in [0.2, 0.25) is 0 Å². The summed E-state index contributed by atoms with van der Waals surface area (Å²) in [7, 11) is 1.84. The maximum Gasteiger partial charge on any atom is 0.191 e. The summed E-state index contributed by atoms with van der Waals surface area (Å²) in [6.45, 7) is 7.68. The van der Waals surface area contributed by atoms with Crippen molar-refractivity contribution in [3.63, 3.8) is 0 Å². The van der Waals surface area contributed by atoms with Gasteiger partial charge in [0.15, 0.2) is 5.96 Å². The number of nitrogens with one attached hydrogen (secondary N) is 3. The first kappa shape index (κ1) is 22.0. The van der Waals surface area contributed by atoms with E-state index in [1.807, 2.05) is 7.05 Å². The Morgan fingerprint density at radius 1 is 1.30 bits per heavy atom. The molecule has 3 rings (SSSR count). The molecular formula is C21H34IN5. The van der Waals surface area contributed by atoms with Crippen LogP contribution in [0.4, 0.5) is 0 Å². The molecule has 5 nitrogen and oxygen atoms in total. The number of aromatic amines is 1. The van der Waals surface area contributed by atoms with E-state index in [2.05, 4.69) is 69.8 Å². The highest BCUT2D eigenvalue weighted by Gasteiger charge is 2.22. The number of aliphatic imine (C=N–C) groups is 1. The van der Waals surface area contributed by atoms with E-state index in [4.69, 9.17) is 0 Å². The van der Waals surface area contributed by atoms with Gasteiger partial charge in [-0.25, -0.2) is 0 Å². The van der Waals surface area contributed by atoms with Crippen molar-refractivity contribution in [3.8, 4) is 0 Å². The number of guanidine groups is 1. The van der Waals surface area contributed by atoms with Crippen LogP contribution in [-0.4, -0.2) is 54.6 Å². The molecule has 0 radical (unpaired) electrons. The van der Waals surface area contributed by atoms with Crippen molar-refractivity contribution in [1.29, 1.82) is 0 Å². The van der Waals surface area contributed by atoms with Gasteiger partial charge in [-0.1, -0.05) is 24.6 Å². The second-order valence-electron chi connectivity index (χ2n) is 7.42. The zero-order chi connectivity index (χ0) is 18.4. The number of nitrogens with zero attached hydrogens (tertiary/aromatic N) is 2. The Bertz CT molecular complexity index is 726. The predicted octanol–water partition coefficient (Wildman–Crippen LogP) is 3.76. The highest BCUT2D eigenvalue weighted by molar-refractivity contribution is 14.0. The minimum absolute atomic E-state index is 0. The molecule has 1 aromatic heterocycles. The molecule has 1 aromatic carbocycles.